The Bertz CT molecular complexity index is 338. The van der Waals surface area contributed by atoms with E-state index in [4.69, 9.17) is 0 Å². The van der Waals surface area contributed by atoms with Crippen molar-refractivity contribution < 1.29 is 9.90 Å². The molecule has 0 aromatic heterocycles. The van der Waals surface area contributed by atoms with Gasteiger partial charge in [-0.1, -0.05) is 0 Å². The van der Waals surface area contributed by atoms with Crippen LogP contribution < -0.4 is 5.32 Å². The summed E-state index contributed by atoms with van der Waals surface area (Å²) in [5.41, 5.74) is 0. The molecule has 0 aromatic rings. The topological polar surface area (TPSA) is 55.8 Å². The lowest BCUT2D eigenvalue weighted by Gasteiger charge is -2.33. The molecule has 0 radical (unpaired) electrons. The Balaban J connectivity index is 1.38. The van der Waals surface area contributed by atoms with Gasteiger partial charge in [-0.05, 0) is 45.1 Å². The molecule has 2 saturated heterocycles. The van der Waals surface area contributed by atoms with E-state index in [-0.39, 0.29) is 18.6 Å². The molecular weight excluding hydrogens is 254 g/mol. The predicted molar refractivity (Wildman–Crippen MR) is 77.4 cm³/mol. The van der Waals surface area contributed by atoms with Crippen LogP contribution in [0.15, 0.2) is 0 Å². The summed E-state index contributed by atoms with van der Waals surface area (Å²) in [4.78, 5) is 16.8. The lowest BCUT2D eigenvalue weighted by atomic mass is 10.0. The van der Waals surface area contributed by atoms with Gasteiger partial charge in [-0.15, -0.1) is 0 Å². The summed E-state index contributed by atoms with van der Waals surface area (Å²) in [5, 5.41) is 12.5. The van der Waals surface area contributed by atoms with E-state index in [0.717, 1.165) is 51.4 Å². The van der Waals surface area contributed by atoms with E-state index in [1.54, 1.807) is 0 Å². The van der Waals surface area contributed by atoms with Crippen LogP contribution in [0.5, 0.6) is 0 Å². The number of hydrogen-bond donors (Lipinski definition) is 2. The zero-order valence-corrected chi connectivity index (χ0v) is 12.3. The van der Waals surface area contributed by atoms with Crippen molar-refractivity contribution in [2.45, 2.75) is 56.7 Å². The molecule has 0 bridgehead atoms. The summed E-state index contributed by atoms with van der Waals surface area (Å²) in [6.45, 7) is 3.84. The van der Waals surface area contributed by atoms with Gasteiger partial charge in [0, 0.05) is 31.2 Å². The highest BCUT2D eigenvalue weighted by molar-refractivity contribution is 5.78. The molecule has 3 aliphatic rings. The van der Waals surface area contributed by atoms with E-state index in [9.17, 15) is 9.90 Å². The Morgan fingerprint density at radius 1 is 1.10 bits per heavy atom. The van der Waals surface area contributed by atoms with E-state index in [1.165, 1.54) is 12.8 Å². The Kier molecular flexibility index (Phi) is 4.58. The minimum absolute atomic E-state index is 0.134. The quantitative estimate of drug-likeness (QED) is 0.755. The molecule has 3 rings (SSSR count). The van der Waals surface area contributed by atoms with Gasteiger partial charge in [-0.3, -0.25) is 9.69 Å². The zero-order chi connectivity index (χ0) is 13.9. The standard InChI is InChI=1S/C15H27N3O2/c19-11-14-2-1-7-18(14)10-15(20)16-12-5-8-17(9-6-12)13-3-4-13/h12-14,19H,1-11H2,(H,16,20). The van der Waals surface area contributed by atoms with Crippen LogP contribution in [0, 0.1) is 0 Å². The normalized spacial score (nSPS) is 29.8. The summed E-state index contributed by atoms with van der Waals surface area (Å²) >= 11 is 0. The van der Waals surface area contributed by atoms with E-state index < -0.39 is 0 Å². The number of nitrogens with one attached hydrogen (secondary N) is 1. The van der Waals surface area contributed by atoms with Crippen molar-refractivity contribution in [1.82, 2.24) is 15.1 Å². The van der Waals surface area contributed by atoms with Crippen LogP contribution >= 0.6 is 0 Å². The van der Waals surface area contributed by atoms with Crippen LogP contribution in [0.1, 0.15) is 38.5 Å². The van der Waals surface area contributed by atoms with Crippen molar-refractivity contribution in [3.8, 4) is 0 Å². The van der Waals surface area contributed by atoms with Crippen LogP contribution in [0.4, 0.5) is 0 Å². The summed E-state index contributed by atoms with van der Waals surface area (Å²) in [7, 11) is 0. The van der Waals surface area contributed by atoms with Crippen LogP contribution in [0.3, 0.4) is 0 Å². The highest BCUT2D eigenvalue weighted by Gasteiger charge is 2.32. The van der Waals surface area contributed by atoms with Crippen molar-refractivity contribution >= 4 is 5.91 Å². The average Bonchev–Trinajstić information content (AvgIpc) is 3.20. The number of aliphatic hydroxyl groups is 1. The van der Waals surface area contributed by atoms with Gasteiger partial charge in [-0.25, -0.2) is 0 Å². The zero-order valence-electron chi connectivity index (χ0n) is 12.3. The molecule has 0 spiro atoms. The van der Waals surface area contributed by atoms with E-state index in [1.807, 2.05) is 0 Å². The lowest BCUT2D eigenvalue weighted by molar-refractivity contribution is -0.123. The maximum Gasteiger partial charge on any atom is 0.234 e. The number of carbonyl (C=O) groups is 1. The monoisotopic (exact) mass is 281 g/mol. The molecule has 1 saturated carbocycles. The molecule has 0 aromatic carbocycles. The molecule has 3 fully saturated rings. The van der Waals surface area contributed by atoms with Gasteiger partial charge >= 0.3 is 0 Å². The van der Waals surface area contributed by atoms with E-state index in [0.29, 0.717) is 12.6 Å². The van der Waals surface area contributed by atoms with Crippen LogP contribution in [-0.2, 0) is 4.79 Å². The lowest BCUT2D eigenvalue weighted by Crippen LogP contribution is -2.48. The van der Waals surface area contributed by atoms with Crippen molar-refractivity contribution in [1.29, 1.82) is 0 Å². The maximum atomic E-state index is 12.1. The predicted octanol–water partition coefficient (Wildman–Crippen LogP) is 0.186. The SMILES string of the molecule is O=C(CN1CCCC1CO)NC1CCN(C2CC2)CC1. The van der Waals surface area contributed by atoms with Crippen LogP contribution in [-0.4, -0.2) is 71.7 Å². The third-order valence-electron chi connectivity index (χ3n) is 5.01. The number of amides is 1. The molecule has 2 N–H and O–H groups in total. The number of nitrogens with zero attached hydrogens (tertiary/aromatic N) is 2. The molecule has 1 aliphatic carbocycles. The minimum Gasteiger partial charge on any atom is -0.395 e. The number of hydrogen-bond acceptors (Lipinski definition) is 4. The van der Waals surface area contributed by atoms with Gasteiger partial charge in [0.1, 0.15) is 0 Å². The highest BCUT2D eigenvalue weighted by atomic mass is 16.3. The Hall–Kier alpha value is -0.650. The molecule has 114 valence electrons. The average molecular weight is 281 g/mol. The second-order valence-corrected chi connectivity index (χ2v) is 6.56. The molecule has 5 heteroatoms. The van der Waals surface area contributed by atoms with Crippen LogP contribution in [0.25, 0.3) is 0 Å². The van der Waals surface area contributed by atoms with Gasteiger partial charge in [0.05, 0.1) is 13.2 Å². The molecule has 1 unspecified atom stereocenters. The van der Waals surface area contributed by atoms with Crippen molar-refractivity contribution in [2.75, 3.05) is 32.8 Å². The molecule has 20 heavy (non-hydrogen) atoms. The largest absolute Gasteiger partial charge is 0.395 e. The third kappa shape index (κ3) is 3.51. The van der Waals surface area contributed by atoms with E-state index >= 15 is 0 Å². The first-order chi connectivity index (χ1) is 9.76. The van der Waals surface area contributed by atoms with Crippen LogP contribution in [0.2, 0.25) is 0 Å². The molecule has 5 nitrogen and oxygen atoms in total. The molecule has 1 atom stereocenters. The number of rotatable bonds is 5. The van der Waals surface area contributed by atoms with Gasteiger partial charge in [-0.2, -0.15) is 0 Å². The minimum atomic E-state index is 0.134. The third-order valence-corrected chi connectivity index (χ3v) is 5.01. The highest BCUT2D eigenvalue weighted by Crippen LogP contribution is 2.29. The smallest absolute Gasteiger partial charge is 0.234 e. The maximum absolute atomic E-state index is 12.1. The number of piperidine rings is 1. The summed E-state index contributed by atoms with van der Waals surface area (Å²) in [6, 6.07) is 1.40. The summed E-state index contributed by atoms with van der Waals surface area (Å²) < 4.78 is 0. The Morgan fingerprint density at radius 3 is 2.50 bits per heavy atom. The molecule has 2 aliphatic heterocycles. The van der Waals surface area contributed by atoms with Gasteiger partial charge in [0.2, 0.25) is 5.91 Å². The molecule has 2 heterocycles. The van der Waals surface area contributed by atoms with Crippen molar-refractivity contribution in [3.63, 3.8) is 0 Å². The second kappa shape index (κ2) is 6.41. The second-order valence-electron chi connectivity index (χ2n) is 6.56. The summed E-state index contributed by atoms with van der Waals surface area (Å²) in [6.07, 6.45) is 7.03. The first-order valence-corrected chi connectivity index (χ1v) is 8.14. The number of likely N-dealkylation sites (tertiary alicyclic amines) is 2. The summed E-state index contributed by atoms with van der Waals surface area (Å²) in [5.74, 6) is 0.134. The number of carbonyl (C=O) groups excluding carboxylic acids is 1. The first kappa shape index (κ1) is 14.3. The number of aliphatic hydroxyl groups excluding tert-OH is 1. The Labute approximate surface area is 121 Å². The molecular formula is C15H27N3O2. The fraction of sp³-hybridized carbons (Fsp3) is 0.933. The first-order valence-electron chi connectivity index (χ1n) is 8.14. The molecule has 1 amide bonds. The Morgan fingerprint density at radius 2 is 1.85 bits per heavy atom. The van der Waals surface area contributed by atoms with E-state index in [2.05, 4.69) is 15.1 Å². The van der Waals surface area contributed by atoms with Crippen molar-refractivity contribution in [3.05, 3.63) is 0 Å². The van der Waals surface area contributed by atoms with Gasteiger partial charge < -0.3 is 15.3 Å². The fourth-order valence-electron chi connectivity index (χ4n) is 3.62. The van der Waals surface area contributed by atoms with Gasteiger partial charge in [0.25, 0.3) is 0 Å². The van der Waals surface area contributed by atoms with Crippen molar-refractivity contribution in [2.24, 2.45) is 0 Å². The van der Waals surface area contributed by atoms with Gasteiger partial charge in [0.15, 0.2) is 0 Å². The fourth-order valence-corrected chi connectivity index (χ4v) is 3.62.